The highest BCUT2D eigenvalue weighted by molar-refractivity contribution is 7.78. The van der Waals surface area contributed by atoms with Gasteiger partial charge in [-0.25, -0.2) is 0 Å². The second-order valence-corrected chi connectivity index (χ2v) is 5.89. The summed E-state index contributed by atoms with van der Waals surface area (Å²) in [7, 11) is 0. The van der Waals surface area contributed by atoms with Crippen LogP contribution in [0.1, 0.15) is 13.8 Å². The number of thiocarbonyl (C=S) groups is 1. The van der Waals surface area contributed by atoms with E-state index in [1.807, 2.05) is 24.3 Å². The number of hydrogen-bond acceptors (Lipinski definition) is 6. The van der Waals surface area contributed by atoms with E-state index < -0.39 is 11.2 Å². The van der Waals surface area contributed by atoms with Crippen molar-refractivity contribution in [3.8, 4) is 17.1 Å². The molecule has 0 aliphatic carbocycles. The predicted octanol–water partition coefficient (Wildman–Crippen LogP) is 4.75. The Labute approximate surface area is 156 Å². The van der Waals surface area contributed by atoms with Gasteiger partial charge in [0.1, 0.15) is 5.58 Å². The van der Waals surface area contributed by atoms with Crippen molar-refractivity contribution in [1.29, 1.82) is 0 Å². The lowest BCUT2D eigenvalue weighted by Crippen LogP contribution is -2.21. The van der Waals surface area contributed by atoms with Crippen molar-refractivity contribution in [2.75, 3.05) is 18.0 Å². The van der Waals surface area contributed by atoms with Gasteiger partial charge in [0, 0.05) is 30.4 Å². The zero-order valence-corrected chi connectivity index (χ0v) is 15.3. The third-order valence-electron chi connectivity index (χ3n) is 4.28. The number of aliphatic imine (C=N–C) groups is 1. The van der Waals surface area contributed by atoms with E-state index in [1.165, 1.54) is 0 Å². The molecule has 0 unspecified atom stereocenters. The monoisotopic (exact) mass is 366 g/mol. The summed E-state index contributed by atoms with van der Waals surface area (Å²) in [5.74, 6) is -0.267. The smallest absolute Gasteiger partial charge is 0.235 e. The van der Waals surface area contributed by atoms with Crippen LogP contribution in [0, 0.1) is 0 Å². The van der Waals surface area contributed by atoms with Gasteiger partial charge >= 0.3 is 0 Å². The van der Waals surface area contributed by atoms with Crippen molar-refractivity contribution in [1.82, 2.24) is 0 Å². The Balaban J connectivity index is 2.13. The summed E-state index contributed by atoms with van der Waals surface area (Å²) in [6.07, 6.45) is 0. The van der Waals surface area contributed by atoms with Gasteiger partial charge in [-0.1, -0.05) is 0 Å². The fourth-order valence-corrected chi connectivity index (χ4v) is 3.01. The van der Waals surface area contributed by atoms with Crippen LogP contribution >= 0.6 is 12.2 Å². The molecule has 5 nitrogen and oxygen atoms in total. The molecule has 0 aliphatic rings. The molecule has 6 heteroatoms. The molecule has 0 bridgehead atoms. The second-order valence-electron chi connectivity index (χ2n) is 5.71. The SMILES string of the molecule is CCN(CC)c1ccc(-c2oc3cc(N=C=S)ccc3c(=O)c2O)cc1. The Morgan fingerprint density at radius 3 is 2.46 bits per heavy atom. The molecule has 1 N–H and O–H groups in total. The third-order valence-corrected chi connectivity index (χ3v) is 4.38. The lowest BCUT2D eigenvalue weighted by Gasteiger charge is -2.21. The topological polar surface area (TPSA) is 66.0 Å². The normalized spacial score (nSPS) is 10.5. The lowest BCUT2D eigenvalue weighted by molar-refractivity contribution is 0.449. The highest BCUT2D eigenvalue weighted by atomic mass is 32.1. The van der Waals surface area contributed by atoms with Gasteiger partial charge in [0.25, 0.3) is 0 Å². The lowest BCUT2D eigenvalue weighted by atomic mass is 10.1. The van der Waals surface area contributed by atoms with E-state index in [-0.39, 0.29) is 11.1 Å². The number of aromatic hydroxyl groups is 1. The number of rotatable bonds is 5. The number of hydrogen-bond donors (Lipinski definition) is 1. The van der Waals surface area contributed by atoms with Crippen LogP contribution in [0.15, 0.2) is 56.7 Å². The Morgan fingerprint density at radius 1 is 1.15 bits per heavy atom. The van der Waals surface area contributed by atoms with E-state index in [4.69, 9.17) is 4.42 Å². The number of benzene rings is 2. The van der Waals surface area contributed by atoms with Crippen molar-refractivity contribution in [2.24, 2.45) is 4.99 Å². The molecule has 0 fully saturated rings. The number of fused-ring (bicyclic) bond motifs is 1. The maximum atomic E-state index is 12.5. The average Bonchev–Trinajstić information content (AvgIpc) is 2.66. The number of isothiocyanates is 1. The molecule has 3 aromatic rings. The van der Waals surface area contributed by atoms with Gasteiger partial charge in [-0.2, -0.15) is 4.99 Å². The maximum absolute atomic E-state index is 12.5. The van der Waals surface area contributed by atoms with E-state index in [2.05, 4.69) is 41.1 Å². The van der Waals surface area contributed by atoms with Crippen molar-refractivity contribution in [3.63, 3.8) is 0 Å². The zero-order chi connectivity index (χ0) is 18.7. The van der Waals surface area contributed by atoms with E-state index in [1.54, 1.807) is 18.2 Å². The van der Waals surface area contributed by atoms with Crippen LogP contribution in [0.3, 0.4) is 0 Å². The second kappa shape index (κ2) is 7.52. The van der Waals surface area contributed by atoms with Crippen molar-refractivity contribution < 1.29 is 9.52 Å². The summed E-state index contributed by atoms with van der Waals surface area (Å²) in [5.41, 5.74) is 2.08. The molecule has 2 aromatic carbocycles. The van der Waals surface area contributed by atoms with Gasteiger partial charge in [0.15, 0.2) is 5.76 Å². The van der Waals surface area contributed by atoms with E-state index in [0.29, 0.717) is 16.8 Å². The molecule has 0 spiro atoms. The molecule has 0 amide bonds. The van der Waals surface area contributed by atoms with Gasteiger partial charge in [-0.05, 0) is 62.5 Å². The molecule has 1 heterocycles. The molecule has 3 rings (SSSR count). The molecule has 0 saturated carbocycles. The third kappa shape index (κ3) is 3.25. The Bertz CT molecular complexity index is 1050. The summed E-state index contributed by atoms with van der Waals surface area (Å²) >= 11 is 4.61. The molecular weight excluding hydrogens is 348 g/mol. The summed E-state index contributed by atoms with van der Waals surface area (Å²) in [5, 5.41) is 12.9. The van der Waals surface area contributed by atoms with Gasteiger partial charge in [0.05, 0.1) is 16.2 Å². The van der Waals surface area contributed by atoms with E-state index in [9.17, 15) is 9.90 Å². The predicted molar refractivity (Wildman–Crippen MR) is 108 cm³/mol. The minimum atomic E-state index is -0.480. The van der Waals surface area contributed by atoms with Gasteiger partial charge in [0.2, 0.25) is 11.2 Å². The minimum Gasteiger partial charge on any atom is -0.502 e. The summed E-state index contributed by atoms with van der Waals surface area (Å²) in [6, 6.07) is 12.3. The first-order chi connectivity index (χ1) is 12.6. The van der Waals surface area contributed by atoms with Crippen LogP contribution in [0.5, 0.6) is 5.75 Å². The first-order valence-corrected chi connectivity index (χ1v) is 8.73. The Morgan fingerprint density at radius 2 is 1.85 bits per heavy atom. The minimum absolute atomic E-state index is 0.136. The van der Waals surface area contributed by atoms with Crippen LogP contribution in [0.25, 0.3) is 22.3 Å². The number of nitrogens with zero attached hydrogens (tertiary/aromatic N) is 2. The molecule has 26 heavy (non-hydrogen) atoms. The molecule has 0 radical (unpaired) electrons. The van der Waals surface area contributed by atoms with Gasteiger partial charge < -0.3 is 14.4 Å². The van der Waals surface area contributed by atoms with Crippen molar-refractivity contribution in [3.05, 3.63) is 52.7 Å². The summed E-state index contributed by atoms with van der Waals surface area (Å²) < 4.78 is 5.81. The molecular formula is C20H18N2O3S. The molecule has 1 aromatic heterocycles. The van der Waals surface area contributed by atoms with Crippen molar-refractivity contribution >= 4 is 39.7 Å². The molecule has 0 aliphatic heterocycles. The quantitative estimate of drug-likeness (QED) is 0.521. The summed E-state index contributed by atoms with van der Waals surface area (Å²) in [4.78, 5) is 18.6. The average molecular weight is 366 g/mol. The summed E-state index contributed by atoms with van der Waals surface area (Å²) in [6.45, 7) is 5.97. The van der Waals surface area contributed by atoms with Crippen LogP contribution in [0.2, 0.25) is 0 Å². The van der Waals surface area contributed by atoms with Gasteiger partial charge in [-0.3, -0.25) is 4.79 Å². The number of anilines is 1. The zero-order valence-electron chi connectivity index (χ0n) is 14.5. The van der Waals surface area contributed by atoms with Crippen molar-refractivity contribution in [2.45, 2.75) is 13.8 Å². The van der Waals surface area contributed by atoms with Crippen LogP contribution in [0.4, 0.5) is 11.4 Å². The first kappa shape index (κ1) is 17.9. The molecule has 0 saturated heterocycles. The highest BCUT2D eigenvalue weighted by Crippen LogP contribution is 2.32. The highest BCUT2D eigenvalue weighted by Gasteiger charge is 2.16. The Kier molecular flexibility index (Phi) is 5.16. The van der Waals surface area contributed by atoms with Gasteiger partial charge in [-0.15, -0.1) is 0 Å². The maximum Gasteiger partial charge on any atom is 0.235 e. The molecule has 132 valence electrons. The fourth-order valence-electron chi connectivity index (χ4n) is 2.90. The fraction of sp³-hybridized carbons (Fsp3) is 0.200. The van der Waals surface area contributed by atoms with E-state index in [0.717, 1.165) is 18.8 Å². The van der Waals surface area contributed by atoms with Crippen LogP contribution in [-0.4, -0.2) is 23.4 Å². The van der Waals surface area contributed by atoms with Crippen LogP contribution in [-0.2, 0) is 0 Å². The largest absolute Gasteiger partial charge is 0.502 e. The van der Waals surface area contributed by atoms with Crippen LogP contribution < -0.4 is 10.3 Å². The van der Waals surface area contributed by atoms with E-state index >= 15 is 0 Å². The molecule has 0 atom stereocenters. The standard InChI is InChI=1S/C20H18N2O3S/c1-3-22(4-2)15-8-5-13(6-9-15)20-19(24)18(23)16-10-7-14(21-12-26)11-17(16)25-20/h5-11,24H,3-4H2,1-2H3. The Hall–Kier alpha value is -2.95. The first-order valence-electron chi connectivity index (χ1n) is 8.32.